The number of unbranched alkanes of at least 4 members (excludes halogenated alkanes) is 1. The van der Waals surface area contributed by atoms with Gasteiger partial charge in [0.1, 0.15) is 10.2 Å². The number of carbonyl (C=O) groups is 1. The van der Waals surface area contributed by atoms with Crippen LogP contribution in [0.2, 0.25) is 0 Å². The Kier molecular flexibility index (Phi) is 5.24. The molecular formula is C17H24N2O3S. The molecule has 0 radical (unpaired) electrons. The van der Waals surface area contributed by atoms with Gasteiger partial charge in [-0.1, -0.05) is 34.1 Å². The van der Waals surface area contributed by atoms with Gasteiger partial charge in [-0.3, -0.25) is 0 Å². The smallest absolute Gasteiger partial charge is 0.360 e. The van der Waals surface area contributed by atoms with Gasteiger partial charge in [0.15, 0.2) is 11.4 Å². The van der Waals surface area contributed by atoms with Crippen molar-refractivity contribution < 1.29 is 14.6 Å². The van der Waals surface area contributed by atoms with E-state index in [2.05, 4.69) is 37.7 Å². The van der Waals surface area contributed by atoms with E-state index in [4.69, 9.17) is 4.74 Å². The Labute approximate surface area is 140 Å². The summed E-state index contributed by atoms with van der Waals surface area (Å²) in [6.07, 6.45) is 2.71. The van der Waals surface area contributed by atoms with Crippen molar-refractivity contribution in [3.05, 3.63) is 16.4 Å². The van der Waals surface area contributed by atoms with Crippen LogP contribution in [0.15, 0.2) is 0 Å². The van der Waals surface area contributed by atoms with E-state index in [1.165, 1.54) is 11.3 Å². The van der Waals surface area contributed by atoms with Gasteiger partial charge >= 0.3 is 5.97 Å². The zero-order valence-electron chi connectivity index (χ0n) is 14.4. The summed E-state index contributed by atoms with van der Waals surface area (Å²) in [4.78, 5) is 21.1. The predicted octanol–water partition coefficient (Wildman–Crippen LogP) is 4.21. The molecule has 0 unspecified atom stereocenters. The Morgan fingerprint density at radius 3 is 2.52 bits per heavy atom. The van der Waals surface area contributed by atoms with Crippen LogP contribution in [0.5, 0.6) is 5.75 Å². The molecule has 1 N–H and O–H groups in total. The van der Waals surface area contributed by atoms with Gasteiger partial charge in [0.25, 0.3) is 0 Å². The number of aryl methyl sites for hydroxylation is 1. The highest BCUT2D eigenvalue weighted by molar-refractivity contribution is 7.19. The molecule has 5 nitrogen and oxygen atoms in total. The second kappa shape index (κ2) is 6.83. The van der Waals surface area contributed by atoms with Crippen molar-refractivity contribution >= 4 is 27.5 Å². The largest absolute Gasteiger partial charge is 0.504 e. The number of aromatic nitrogens is 2. The van der Waals surface area contributed by atoms with E-state index >= 15 is 0 Å². The highest BCUT2D eigenvalue weighted by Gasteiger charge is 2.26. The predicted molar refractivity (Wildman–Crippen MR) is 92.3 cm³/mol. The molecule has 23 heavy (non-hydrogen) atoms. The first kappa shape index (κ1) is 17.7. The van der Waals surface area contributed by atoms with Gasteiger partial charge in [-0.25, -0.2) is 14.8 Å². The van der Waals surface area contributed by atoms with Crippen molar-refractivity contribution in [3.63, 3.8) is 0 Å². The summed E-state index contributed by atoms with van der Waals surface area (Å²) in [6, 6.07) is 0. The van der Waals surface area contributed by atoms with E-state index in [0.717, 1.165) is 30.0 Å². The zero-order valence-corrected chi connectivity index (χ0v) is 15.2. The Balaban J connectivity index is 2.66. The maximum Gasteiger partial charge on any atom is 0.360 e. The molecule has 0 aromatic carbocycles. The first-order chi connectivity index (χ1) is 10.8. The molecule has 2 aromatic heterocycles. The summed E-state index contributed by atoms with van der Waals surface area (Å²) < 4.78 is 5.64. The minimum absolute atomic E-state index is 0.00503. The molecule has 0 atom stereocenters. The highest BCUT2D eigenvalue weighted by Crippen LogP contribution is 2.38. The average Bonchev–Trinajstić information content (AvgIpc) is 2.93. The minimum atomic E-state index is -0.588. The van der Waals surface area contributed by atoms with Gasteiger partial charge in [-0.2, -0.15) is 0 Å². The summed E-state index contributed by atoms with van der Waals surface area (Å²) in [5, 5.41) is 11.4. The number of rotatable bonds is 5. The van der Waals surface area contributed by atoms with Crippen LogP contribution < -0.4 is 0 Å². The number of hydrogen-bond acceptors (Lipinski definition) is 6. The van der Waals surface area contributed by atoms with Gasteiger partial charge in [0.2, 0.25) is 0 Å². The van der Waals surface area contributed by atoms with Gasteiger partial charge in [-0.15, -0.1) is 11.3 Å². The van der Waals surface area contributed by atoms with Crippen LogP contribution in [0.1, 0.15) is 68.7 Å². The summed E-state index contributed by atoms with van der Waals surface area (Å²) in [7, 11) is 0. The number of thiazole rings is 1. The van der Waals surface area contributed by atoms with Crippen molar-refractivity contribution in [2.24, 2.45) is 0 Å². The summed E-state index contributed by atoms with van der Waals surface area (Å²) in [6.45, 7) is 10.3. The quantitative estimate of drug-likeness (QED) is 0.828. The first-order valence-corrected chi connectivity index (χ1v) is 8.81. The maximum atomic E-state index is 12.1. The van der Waals surface area contributed by atoms with Gasteiger partial charge in [0, 0.05) is 5.41 Å². The Hall–Kier alpha value is -1.69. The van der Waals surface area contributed by atoms with Crippen LogP contribution in [0.4, 0.5) is 0 Å². The summed E-state index contributed by atoms with van der Waals surface area (Å²) in [5.41, 5.74) is 1.34. The van der Waals surface area contributed by atoms with Crippen LogP contribution in [0, 0.1) is 0 Å². The molecule has 2 rings (SSSR count). The number of fused-ring (bicyclic) bond motifs is 1. The SMILES string of the molecule is CCCCc1nc(C(=O)OCC)c(O)c2sc(C(C)(C)C)nc12. The molecule has 6 heteroatoms. The first-order valence-electron chi connectivity index (χ1n) is 7.99. The molecular weight excluding hydrogens is 312 g/mol. The zero-order chi connectivity index (χ0) is 17.2. The minimum Gasteiger partial charge on any atom is -0.504 e. The van der Waals surface area contributed by atoms with Crippen LogP contribution >= 0.6 is 11.3 Å². The molecule has 0 fully saturated rings. The van der Waals surface area contributed by atoms with Gasteiger partial charge in [0.05, 0.1) is 17.3 Å². The molecule has 2 aromatic rings. The van der Waals surface area contributed by atoms with Crippen molar-refractivity contribution in [1.82, 2.24) is 9.97 Å². The Morgan fingerprint density at radius 1 is 1.26 bits per heavy atom. The third-order valence-electron chi connectivity index (χ3n) is 3.46. The van der Waals surface area contributed by atoms with Crippen LogP contribution in [0.3, 0.4) is 0 Å². The third kappa shape index (κ3) is 3.63. The molecule has 0 aliphatic heterocycles. The topological polar surface area (TPSA) is 72.3 Å². The second-order valence-electron chi connectivity index (χ2n) is 6.53. The molecule has 126 valence electrons. The fourth-order valence-electron chi connectivity index (χ4n) is 2.21. The summed E-state index contributed by atoms with van der Waals surface area (Å²) in [5.74, 6) is -0.706. The lowest BCUT2D eigenvalue weighted by atomic mass is 9.98. The summed E-state index contributed by atoms with van der Waals surface area (Å²) >= 11 is 1.42. The lowest BCUT2D eigenvalue weighted by molar-refractivity contribution is 0.0516. The molecule has 0 amide bonds. The number of nitrogens with zero attached hydrogens (tertiary/aromatic N) is 2. The lowest BCUT2D eigenvalue weighted by Crippen LogP contribution is -2.10. The Bertz CT molecular complexity index is 717. The average molecular weight is 336 g/mol. The third-order valence-corrected chi connectivity index (χ3v) is 4.95. The van der Waals surface area contributed by atoms with Crippen molar-refractivity contribution in [3.8, 4) is 5.75 Å². The van der Waals surface area contributed by atoms with Crippen molar-refractivity contribution in [1.29, 1.82) is 0 Å². The maximum absolute atomic E-state index is 12.1. The van der Waals surface area contributed by atoms with E-state index in [1.54, 1.807) is 6.92 Å². The standard InChI is InChI=1S/C17H24N2O3S/c1-6-8-9-10-11-14(23-16(19-11)17(3,4)5)13(20)12(18-10)15(21)22-7-2/h20H,6-9H2,1-5H3. The number of hydrogen-bond donors (Lipinski definition) is 1. The van der Waals surface area contributed by atoms with Crippen LogP contribution in [-0.2, 0) is 16.6 Å². The molecule has 0 aliphatic carbocycles. The van der Waals surface area contributed by atoms with Crippen LogP contribution in [0.25, 0.3) is 10.2 Å². The van der Waals surface area contributed by atoms with E-state index in [1.807, 2.05) is 0 Å². The van der Waals surface area contributed by atoms with E-state index in [0.29, 0.717) is 10.2 Å². The number of ether oxygens (including phenoxy) is 1. The molecule has 0 spiro atoms. The second-order valence-corrected chi connectivity index (χ2v) is 7.53. The monoisotopic (exact) mass is 336 g/mol. The number of pyridine rings is 1. The molecule has 0 saturated heterocycles. The molecule has 0 saturated carbocycles. The van der Waals surface area contributed by atoms with Crippen LogP contribution in [-0.4, -0.2) is 27.7 Å². The molecule has 0 bridgehead atoms. The van der Waals surface area contributed by atoms with Gasteiger partial charge in [-0.05, 0) is 19.8 Å². The normalized spacial score (nSPS) is 11.9. The van der Waals surface area contributed by atoms with E-state index < -0.39 is 5.97 Å². The fourth-order valence-corrected chi connectivity index (χ4v) is 3.30. The highest BCUT2D eigenvalue weighted by atomic mass is 32.1. The fraction of sp³-hybridized carbons (Fsp3) is 0.588. The molecule has 0 aliphatic rings. The van der Waals surface area contributed by atoms with Crippen molar-refractivity contribution in [2.45, 2.75) is 59.3 Å². The Morgan fingerprint density at radius 2 is 1.96 bits per heavy atom. The number of aromatic hydroxyl groups is 1. The number of carbonyl (C=O) groups excluding carboxylic acids is 1. The van der Waals surface area contributed by atoms with E-state index in [-0.39, 0.29) is 23.5 Å². The van der Waals surface area contributed by atoms with Gasteiger partial charge < -0.3 is 9.84 Å². The van der Waals surface area contributed by atoms with Crippen molar-refractivity contribution in [2.75, 3.05) is 6.61 Å². The van der Waals surface area contributed by atoms with E-state index in [9.17, 15) is 9.90 Å². The number of esters is 1. The molecule has 2 heterocycles. The lowest BCUT2D eigenvalue weighted by Gasteiger charge is -2.13.